The molecule has 3 aromatic rings. The van der Waals surface area contributed by atoms with Crippen molar-refractivity contribution in [3.8, 4) is 11.1 Å². The number of anilines is 2. The SMILES string of the molecule is CCS(=O)(=O)c1cccc(-c2ccc(N3CCC[C@@H](NC(=O)Nc4ccc(C(F)(F)F)cc4)C3=O)cc2)c1. The Balaban J connectivity index is 1.42. The van der Waals surface area contributed by atoms with Gasteiger partial charge in [0.25, 0.3) is 0 Å². The first kappa shape index (κ1) is 27.2. The number of benzene rings is 3. The summed E-state index contributed by atoms with van der Waals surface area (Å²) in [7, 11) is -3.34. The number of halogens is 3. The standard InChI is InChI=1S/C27H26F3N3O4S/c1-2-38(36,37)23-6-3-5-19(17-23)18-8-14-22(15-9-18)33-16-4-7-24(25(33)34)32-26(35)31-21-12-10-20(11-13-21)27(28,29)30/h3,5-6,8-15,17,24H,2,4,7,16H2,1H3,(H2,31,32,35)/t24-/m1/s1. The highest BCUT2D eigenvalue weighted by atomic mass is 32.2. The molecule has 1 heterocycles. The van der Waals surface area contributed by atoms with Gasteiger partial charge in [-0.2, -0.15) is 13.2 Å². The molecular weight excluding hydrogens is 519 g/mol. The Morgan fingerprint density at radius 2 is 1.68 bits per heavy atom. The molecule has 3 amide bonds. The molecule has 2 N–H and O–H groups in total. The van der Waals surface area contributed by atoms with Crippen molar-refractivity contribution in [3.05, 3.63) is 78.4 Å². The van der Waals surface area contributed by atoms with Gasteiger partial charge in [-0.05, 0) is 72.5 Å². The maximum absolute atomic E-state index is 13.1. The highest BCUT2D eigenvalue weighted by molar-refractivity contribution is 7.91. The normalized spacial score (nSPS) is 16.3. The summed E-state index contributed by atoms with van der Waals surface area (Å²) >= 11 is 0. The number of urea groups is 1. The summed E-state index contributed by atoms with van der Waals surface area (Å²) in [4.78, 5) is 27.3. The number of nitrogens with one attached hydrogen (secondary N) is 2. The molecule has 4 rings (SSSR count). The number of carbonyl (C=O) groups excluding carboxylic acids is 2. The smallest absolute Gasteiger partial charge is 0.326 e. The first-order valence-corrected chi connectivity index (χ1v) is 13.6. The summed E-state index contributed by atoms with van der Waals surface area (Å²) in [6.07, 6.45) is -3.42. The number of hydrogen-bond donors (Lipinski definition) is 2. The van der Waals surface area contributed by atoms with E-state index < -0.39 is 33.6 Å². The van der Waals surface area contributed by atoms with E-state index in [0.717, 1.165) is 35.4 Å². The van der Waals surface area contributed by atoms with Gasteiger partial charge in [0.05, 0.1) is 16.2 Å². The van der Waals surface area contributed by atoms with Crippen LogP contribution >= 0.6 is 0 Å². The lowest BCUT2D eigenvalue weighted by molar-refractivity contribution is -0.137. The second kappa shape index (κ2) is 10.9. The average Bonchev–Trinajstić information content (AvgIpc) is 2.90. The summed E-state index contributed by atoms with van der Waals surface area (Å²) in [6, 6.07) is 16.3. The van der Waals surface area contributed by atoms with E-state index in [1.165, 1.54) is 0 Å². The topological polar surface area (TPSA) is 95.6 Å². The maximum atomic E-state index is 13.1. The number of carbonyl (C=O) groups is 2. The fourth-order valence-electron chi connectivity index (χ4n) is 4.20. The predicted octanol–water partition coefficient (Wildman–Crippen LogP) is 5.48. The zero-order chi connectivity index (χ0) is 27.5. The van der Waals surface area contributed by atoms with Crippen molar-refractivity contribution in [3.63, 3.8) is 0 Å². The molecule has 0 aromatic heterocycles. The van der Waals surface area contributed by atoms with Gasteiger partial charge in [-0.1, -0.05) is 31.2 Å². The van der Waals surface area contributed by atoms with E-state index in [2.05, 4.69) is 10.6 Å². The van der Waals surface area contributed by atoms with Crippen LogP contribution in [-0.4, -0.2) is 38.7 Å². The number of rotatable bonds is 6. The number of piperidine rings is 1. The van der Waals surface area contributed by atoms with E-state index in [-0.39, 0.29) is 22.2 Å². The minimum Gasteiger partial charge on any atom is -0.326 e. The summed E-state index contributed by atoms with van der Waals surface area (Å²) in [5.41, 5.74) is 1.49. The molecule has 0 aliphatic carbocycles. The number of alkyl halides is 3. The van der Waals surface area contributed by atoms with Crippen molar-refractivity contribution >= 4 is 33.2 Å². The number of hydrogen-bond acceptors (Lipinski definition) is 4. The Labute approximate surface area is 218 Å². The maximum Gasteiger partial charge on any atom is 0.416 e. The molecule has 1 saturated heterocycles. The van der Waals surface area contributed by atoms with Crippen molar-refractivity contribution in [2.24, 2.45) is 0 Å². The summed E-state index contributed by atoms with van der Waals surface area (Å²) in [5.74, 6) is -0.299. The Morgan fingerprint density at radius 3 is 2.32 bits per heavy atom. The molecular formula is C27H26F3N3O4S. The molecule has 7 nitrogen and oxygen atoms in total. The van der Waals surface area contributed by atoms with Crippen LogP contribution in [0.4, 0.5) is 29.3 Å². The van der Waals surface area contributed by atoms with E-state index in [1.807, 2.05) is 6.07 Å². The van der Waals surface area contributed by atoms with Gasteiger partial charge in [-0.15, -0.1) is 0 Å². The molecule has 0 unspecified atom stereocenters. The van der Waals surface area contributed by atoms with Crippen LogP contribution in [0.2, 0.25) is 0 Å². The lowest BCUT2D eigenvalue weighted by Crippen LogP contribution is -2.53. The second-order valence-corrected chi connectivity index (χ2v) is 11.1. The van der Waals surface area contributed by atoms with Crippen LogP contribution < -0.4 is 15.5 Å². The van der Waals surface area contributed by atoms with Gasteiger partial charge < -0.3 is 15.5 Å². The van der Waals surface area contributed by atoms with E-state index >= 15 is 0 Å². The minimum absolute atomic E-state index is 0.00399. The molecule has 1 fully saturated rings. The molecule has 3 aromatic carbocycles. The third kappa shape index (κ3) is 6.16. The molecule has 200 valence electrons. The quantitative estimate of drug-likeness (QED) is 0.429. The highest BCUT2D eigenvalue weighted by Crippen LogP contribution is 2.30. The van der Waals surface area contributed by atoms with E-state index in [1.54, 1.807) is 54.3 Å². The zero-order valence-corrected chi connectivity index (χ0v) is 21.3. The lowest BCUT2D eigenvalue weighted by Gasteiger charge is -2.32. The summed E-state index contributed by atoms with van der Waals surface area (Å²) in [5, 5.41) is 5.06. The third-order valence-corrected chi connectivity index (χ3v) is 8.03. The Bertz CT molecular complexity index is 1420. The molecule has 11 heteroatoms. The highest BCUT2D eigenvalue weighted by Gasteiger charge is 2.32. The molecule has 0 spiro atoms. The van der Waals surface area contributed by atoms with Crippen LogP contribution in [0.1, 0.15) is 25.3 Å². The first-order valence-electron chi connectivity index (χ1n) is 12.0. The number of amides is 3. The molecule has 0 saturated carbocycles. The molecule has 0 radical (unpaired) electrons. The largest absolute Gasteiger partial charge is 0.416 e. The fourth-order valence-corrected chi connectivity index (χ4v) is 5.13. The van der Waals surface area contributed by atoms with Gasteiger partial charge in [0.15, 0.2) is 9.84 Å². The van der Waals surface area contributed by atoms with Crippen molar-refractivity contribution in [1.29, 1.82) is 0 Å². The monoisotopic (exact) mass is 545 g/mol. The van der Waals surface area contributed by atoms with Crippen LogP contribution in [-0.2, 0) is 20.8 Å². The average molecular weight is 546 g/mol. The Kier molecular flexibility index (Phi) is 7.77. The van der Waals surface area contributed by atoms with Crippen molar-refractivity contribution < 1.29 is 31.2 Å². The minimum atomic E-state index is -4.48. The molecule has 1 aliphatic rings. The molecule has 1 aliphatic heterocycles. The third-order valence-electron chi connectivity index (χ3n) is 6.30. The van der Waals surface area contributed by atoms with Gasteiger partial charge in [0, 0.05) is 17.9 Å². The van der Waals surface area contributed by atoms with Gasteiger partial charge in [-0.25, -0.2) is 13.2 Å². The summed E-state index contributed by atoms with van der Waals surface area (Å²) < 4.78 is 62.6. The van der Waals surface area contributed by atoms with Gasteiger partial charge in [0.2, 0.25) is 5.91 Å². The Hall–Kier alpha value is -3.86. The van der Waals surface area contributed by atoms with E-state index in [9.17, 15) is 31.2 Å². The predicted molar refractivity (Wildman–Crippen MR) is 139 cm³/mol. The lowest BCUT2D eigenvalue weighted by atomic mass is 10.0. The van der Waals surface area contributed by atoms with Crippen molar-refractivity contribution in [2.75, 3.05) is 22.5 Å². The van der Waals surface area contributed by atoms with E-state index in [4.69, 9.17) is 0 Å². The van der Waals surface area contributed by atoms with Crippen LogP contribution in [0.5, 0.6) is 0 Å². The van der Waals surface area contributed by atoms with Gasteiger partial charge >= 0.3 is 12.2 Å². The van der Waals surface area contributed by atoms with Crippen LogP contribution in [0.3, 0.4) is 0 Å². The molecule has 38 heavy (non-hydrogen) atoms. The molecule has 1 atom stereocenters. The fraction of sp³-hybridized carbons (Fsp3) is 0.259. The second-order valence-electron chi connectivity index (χ2n) is 8.84. The van der Waals surface area contributed by atoms with E-state index in [0.29, 0.717) is 25.1 Å². The molecule has 0 bridgehead atoms. The van der Waals surface area contributed by atoms with Crippen molar-refractivity contribution in [1.82, 2.24) is 5.32 Å². The zero-order valence-electron chi connectivity index (χ0n) is 20.5. The number of sulfone groups is 1. The van der Waals surface area contributed by atoms with Crippen LogP contribution in [0.25, 0.3) is 11.1 Å². The van der Waals surface area contributed by atoms with Crippen LogP contribution in [0.15, 0.2) is 77.7 Å². The van der Waals surface area contributed by atoms with Gasteiger partial charge in [0.1, 0.15) is 6.04 Å². The van der Waals surface area contributed by atoms with Gasteiger partial charge in [-0.3, -0.25) is 4.79 Å². The first-order chi connectivity index (χ1) is 18.0. The van der Waals surface area contributed by atoms with Crippen molar-refractivity contribution in [2.45, 2.75) is 36.9 Å². The van der Waals surface area contributed by atoms with Crippen LogP contribution in [0, 0.1) is 0 Å². The summed E-state index contributed by atoms with van der Waals surface area (Å²) in [6.45, 7) is 2.05. The number of nitrogens with zero attached hydrogens (tertiary/aromatic N) is 1. The Morgan fingerprint density at radius 1 is 1.00 bits per heavy atom.